The number of halogens is 1. The molecule has 1 aromatic rings. The third-order valence-electron chi connectivity index (χ3n) is 3.42. The van der Waals surface area contributed by atoms with Gasteiger partial charge in [-0.05, 0) is 18.1 Å². The third kappa shape index (κ3) is 4.10. The Balaban J connectivity index is 3.33. The number of methoxy groups -OCH3 is 1. The van der Waals surface area contributed by atoms with Crippen LogP contribution in [0.5, 0.6) is 5.75 Å². The van der Waals surface area contributed by atoms with Crippen LogP contribution in [0.3, 0.4) is 0 Å². The Hall–Kier alpha value is -0.820. The van der Waals surface area contributed by atoms with Gasteiger partial charge in [-0.2, -0.15) is 0 Å². The van der Waals surface area contributed by atoms with Gasteiger partial charge in [0.15, 0.2) is 0 Å². The quantitative estimate of drug-likeness (QED) is 0.831. The minimum absolute atomic E-state index is 0.0210. The molecular weight excluding hydrogens is 314 g/mol. The molecule has 0 amide bonds. The van der Waals surface area contributed by atoms with Crippen LogP contribution < -0.4 is 4.74 Å². The number of ether oxygens (including phenoxy) is 1. The number of rotatable bonds is 7. The van der Waals surface area contributed by atoms with Crippen LogP contribution in [0.15, 0.2) is 17.0 Å². The lowest BCUT2D eigenvalue weighted by Crippen LogP contribution is -2.31. The number of aliphatic hydroxyl groups excluding tert-OH is 1. The van der Waals surface area contributed by atoms with Crippen LogP contribution in [0.25, 0.3) is 0 Å². The zero-order valence-electron chi connectivity index (χ0n) is 12.8. The second kappa shape index (κ2) is 7.45. The Morgan fingerprint density at radius 3 is 2.52 bits per heavy atom. The van der Waals surface area contributed by atoms with Gasteiger partial charge in [-0.1, -0.05) is 31.9 Å². The van der Waals surface area contributed by atoms with Gasteiger partial charge in [0.25, 0.3) is 0 Å². The molecule has 7 heteroatoms. The Labute approximate surface area is 131 Å². The first kappa shape index (κ1) is 18.2. The molecule has 1 unspecified atom stereocenters. The summed E-state index contributed by atoms with van der Waals surface area (Å²) in [4.78, 5) is -0.0210. The maximum atomic E-state index is 12.7. The van der Waals surface area contributed by atoms with Crippen molar-refractivity contribution in [3.8, 4) is 5.75 Å². The van der Waals surface area contributed by atoms with Crippen molar-refractivity contribution in [1.29, 1.82) is 0 Å². The summed E-state index contributed by atoms with van der Waals surface area (Å²) in [5, 5.41) is 9.58. The van der Waals surface area contributed by atoms with Crippen LogP contribution in [-0.4, -0.2) is 38.5 Å². The molecule has 1 N–H and O–H groups in total. The van der Waals surface area contributed by atoms with E-state index >= 15 is 0 Å². The number of nitrogens with zero attached hydrogens (tertiary/aromatic N) is 1. The molecule has 0 saturated heterocycles. The fourth-order valence-electron chi connectivity index (χ4n) is 2.00. The summed E-state index contributed by atoms with van der Waals surface area (Å²) in [6.45, 7) is 4.06. The molecule has 1 rings (SSSR count). The predicted octanol–water partition coefficient (Wildman–Crippen LogP) is 2.51. The van der Waals surface area contributed by atoms with Gasteiger partial charge in [0, 0.05) is 24.2 Å². The molecule has 1 aromatic carbocycles. The molecule has 5 nitrogen and oxygen atoms in total. The van der Waals surface area contributed by atoms with Crippen LogP contribution in [0.4, 0.5) is 0 Å². The van der Waals surface area contributed by atoms with E-state index in [4.69, 9.17) is 16.3 Å². The molecule has 0 aliphatic carbocycles. The van der Waals surface area contributed by atoms with Crippen LogP contribution in [0, 0.1) is 5.92 Å². The Kier molecular flexibility index (Phi) is 6.46. The zero-order valence-corrected chi connectivity index (χ0v) is 14.3. The highest BCUT2D eigenvalue weighted by molar-refractivity contribution is 7.89. The number of hydrogen-bond donors (Lipinski definition) is 1. The fourth-order valence-corrected chi connectivity index (χ4v) is 3.81. The lowest BCUT2D eigenvalue weighted by Gasteiger charge is -2.22. The van der Waals surface area contributed by atoms with Crippen molar-refractivity contribution in [2.45, 2.75) is 31.8 Å². The molecule has 0 saturated carbocycles. The summed E-state index contributed by atoms with van der Waals surface area (Å²) in [5.41, 5.74) is 0.348. The topological polar surface area (TPSA) is 66.8 Å². The number of aliphatic hydroxyl groups is 1. The van der Waals surface area contributed by atoms with Gasteiger partial charge >= 0.3 is 0 Å². The summed E-state index contributed by atoms with van der Waals surface area (Å²) in [6.07, 6.45) is 0.883. The second-order valence-electron chi connectivity index (χ2n) is 5.05. The summed E-state index contributed by atoms with van der Waals surface area (Å²) < 4.78 is 31.8. The SMILES string of the molecule is CCC(C)CN(C)S(=O)(=O)c1cc(Cl)cc(CO)c1OC. The minimum Gasteiger partial charge on any atom is -0.495 e. The van der Waals surface area contributed by atoms with Crippen molar-refractivity contribution < 1.29 is 18.3 Å². The fraction of sp³-hybridized carbons (Fsp3) is 0.571. The van der Waals surface area contributed by atoms with Crippen molar-refractivity contribution in [1.82, 2.24) is 4.31 Å². The second-order valence-corrected chi connectivity index (χ2v) is 7.50. The van der Waals surface area contributed by atoms with E-state index in [1.54, 1.807) is 0 Å². The highest BCUT2D eigenvalue weighted by atomic mass is 35.5. The van der Waals surface area contributed by atoms with E-state index in [9.17, 15) is 13.5 Å². The lowest BCUT2D eigenvalue weighted by molar-refractivity contribution is 0.272. The molecule has 0 aromatic heterocycles. The predicted molar refractivity (Wildman–Crippen MR) is 83.2 cm³/mol. The van der Waals surface area contributed by atoms with E-state index in [1.165, 1.54) is 30.6 Å². The molecular formula is C14H22ClNO4S. The number of benzene rings is 1. The molecule has 120 valence electrons. The van der Waals surface area contributed by atoms with Gasteiger partial charge in [-0.25, -0.2) is 12.7 Å². The van der Waals surface area contributed by atoms with E-state index in [1.807, 2.05) is 13.8 Å². The van der Waals surface area contributed by atoms with Crippen molar-refractivity contribution in [2.75, 3.05) is 20.7 Å². The molecule has 0 aliphatic heterocycles. The summed E-state index contributed by atoms with van der Waals surface area (Å²) in [5.74, 6) is 0.380. The first-order valence-electron chi connectivity index (χ1n) is 6.71. The third-order valence-corrected chi connectivity index (χ3v) is 5.47. The zero-order chi connectivity index (χ0) is 16.2. The number of sulfonamides is 1. The largest absolute Gasteiger partial charge is 0.495 e. The molecule has 0 heterocycles. The summed E-state index contributed by atoms with van der Waals surface area (Å²) in [7, 11) is -0.830. The van der Waals surface area contributed by atoms with E-state index in [-0.39, 0.29) is 28.2 Å². The Morgan fingerprint density at radius 1 is 1.43 bits per heavy atom. The summed E-state index contributed by atoms with van der Waals surface area (Å²) >= 11 is 5.95. The Morgan fingerprint density at radius 2 is 2.05 bits per heavy atom. The van der Waals surface area contributed by atoms with Crippen molar-refractivity contribution >= 4 is 21.6 Å². The first-order chi connectivity index (χ1) is 9.77. The number of hydrogen-bond acceptors (Lipinski definition) is 4. The van der Waals surface area contributed by atoms with Gasteiger partial charge in [-0.15, -0.1) is 0 Å². The van der Waals surface area contributed by atoms with Crippen LogP contribution >= 0.6 is 11.6 Å². The van der Waals surface area contributed by atoms with Gasteiger partial charge in [-0.3, -0.25) is 0 Å². The normalized spacial score (nSPS) is 13.5. The maximum absolute atomic E-state index is 12.7. The van der Waals surface area contributed by atoms with Gasteiger partial charge in [0.2, 0.25) is 10.0 Å². The van der Waals surface area contributed by atoms with E-state index < -0.39 is 10.0 Å². The highest BCUT2D eigenvalue weighted by Gasteiger charge is 2.27. The minimum atomic E-state index is -3.73. The molecule has 0 fully saturated rings. The average Bonchev–Trinajstić information content (AvgIpc) is 2.45. The molecule has 0 radical (unpaired) electrons. The monoisotopic (exact) mass is 335 g/mol. The molecule has 0 bridgehead atoms. The molecule has 0 spiro atoms. The van der Waals surface area contributed by atoms with Crippen molar-refractivity contribution in [3.05, 3.63) is 22.7 Å². The smallest absolute Gasteiger partial charge is 0.246 e. The highest BCUT2D eigenvalue weighted by Crippen LogP contribution is 2.33. The molecule has 1 atom stereocenters. The van der Waals surface area contributed by atoms with Crippen LogP contribution in [0.1, 0.15) is 25.8 Å². The maximum Gasteiger partial charge on any atom is 0.246 e. The standard InChI is InChI=1S/C14H22ClNO4S/c1-5-10(2)8-16(3)21(18,19)13-7-12(15)6-11(9-17)14(13)20-4/h6-7,10,17H,5,8-9H2,1-4H3. The van der Waals surface area contributed by atoms with Crippen LogP contribution in [-0.2, 0) is 16.6 Å². The van der Waals surface area contributed by atoms with Gasteiger partial charge in [0.05, 0.1) is 13.7 Å². The van der Waals surface area contributed by atoms with Gasteiger partial charge < -0.3 is 9.84 Å². The van der Waals surface area contributed by atoms with Crippen LogP contribution in [0.2, 0.25) is 5.02 Å². The van der Waals surface area contributed by atoms with Crippen molar-refractivity contribution in [3.63, 3.8) is 0 Å². The average molecular weight is 336 g/mol. The lowest BCUT2D eigenvalue weighted by atomic mass is 10.1. The first-order valence-corrected chi connectivity index (χ1v) is 8.53. The van der Waals surface area contributed by atoms with Crippen molar-refractivity contribution in [2.24, 2.45) is 5.92 Å². The van der Waals surface area contributed by atoms with E-state index in [0.717, 1.165) is 6.42 Å². The van der Waals surface area contributed by atoms with E-state index in [0.29, 0.717) is 12.1 Å². The van der Waals surface area contributed by atoms with E-state index in [2.05, 4.69) is 0 Å². The molecule has 21 heavy (non-hydrogen) atoms. The van der Waals surface area contributed by atoms with Gasteiger partial charge in [0.1, 0.15) is 10.6 Å². The summed E-state index contributed by atoms with van der Waals surface area (Å²) in [6, 6.07) is 2.84. The molecule has 0 aliphatic rings. The Bertz CT molecular complexity index is 589.